The van der Waals surface area contributed by atoms with E-state index in [0.29, 0.717) is 46.4 Å². The van der Waals surface area contributed by atoms with Crippen LogP contribution in [0, 0.1) is 10.7 Å². The van der Waals surface area contributed by atoms with Crippen molar-refractivity contribution < 1.29 is 33.4 Å². The van der Waals surface area contributed by atoms with Crippen LogP contribution < -0.4 is 16.0 Å². The molecule has 10 nitrogen and oxygen atoms in total. The highest BCUT2D eigenvalue weighted by molar-refractivity contribution is 14.1. The van der Waals surface area contributed by atoms with E-state index in [4.69, 9.17) is 14.2 Å². The lowest BCUT2D eigenvalue weighted by atomic mass is 10.1. The molecule has 188 valence electrons. The quantitative estimate of drug-likeness (QED) is 0.121. The van der Waals surface area contributed by atoms with Gasteiger partial charge in [-0.15, -0.1) is 0 Å². The number of benzene rings is 1. The van der Waals surface area contributed by atoms with Crippen LogP contribution >= 0.6 is 67.8 Å². The number of carbonyl (C=O) groups is 4. The van der Waals surface area contributed by atoms with E-state index in [-0.39, 0.29) is 44.1 Å². The Morgan fingerprint density at radius 1 is 0.765 bits per heavy atom. The lowest BCUT2D eigenvalue weighted by Gasteiger charge is -2.19. The van der Waals surface area contributed by atoms with Gasteiger partial charge in [-0.2, -0.15) is 0 Å². The van der Waals surface area contributed by atoms with E-state index in [2.05, 4.69) is 22.5 Å². The van der Waals surface area contributed by atoms with Crippen LogP contribution in [-0.2, 0) is 28.6 Å². The molecule has 1 aromatic rings. The largest absolute Gasteiger partial charge is 0.460 e. The number of halogens is 3. The molecule has 0 atom stereocenters. The van der Waals surface area contributed by atoms with Crippen LogP contribution in [-0.4, -0.2) is 63.3 Å². The molecule has 0 fully saturated rings. The summed E-state index contributed by atoms with van der Waals surface area (Å²) in [6.07, 6.45) is 0. The van der Waals surface area contributed by atoms with Gasteiger partial charge < -0.3 is 30.2 Å². The fraction of sp³-hybridized carbons (Fsp3) is 0.429. The third kappa shape index (κ3) is 10.3. The van der Waals surface area contributed by atoms with Gasteiger partial charge in [-0.3, -0.25) is 14.4 Å². The average Bonchev–Trinajstić information content (AvgIpc) is 2.75. The van der Waals surface area contributed by atoms with Gasteiger partial charge in [0, 0.05) is 26.0 Å². The van der Waals surface area contributed by atoms with Crippen molar-refractivity contribution in [1.82, 2.24) is 5.32 Å². The third-order valence-electron chi connectivity index (χ3n) is 3.86. The SMILES string of the molecule is C=C(C)C(=O)OCCOCCOCCNC(=O)c1c(I)c(NC(C)=O)c(I)c(NC(C)=O)c1I. The minimum atomic E-state index is -0.457. The second-order valence-corrected chi connectivity index (χ2v) is 10.1. The maximum Gasteiger partial charge on any atom is 0.333 e. The monoisotopic (exact) mass is 813 g/mol. The predicted octanol–water partition coefficient (Wildman–Crippen LogP) is 3.30. The molecule has 1 rings (SSSR count). The molecule has 0 aliphatic rings. The number of nitrogens with one attached hydrogen (secondary N) is 3. The minimum Gasteiger partial charge on any atom is -0.460 e. The number of carbonyl (C=O) groups excluding carboxylic acids is 4. The van der Waals surface area contributed by atoms with Gasteiger partial charge in [-0.25, -0.2) is 4.79 Å². The molecular formula is C21H26I3N3O7. The zero-order chi connectivity index (χ0) is 25.8. The fourth-order valence-electron chi connectivity index (χ4n) is 2.40. The molecular weight excluding hydrogens is 787 g/mol. The normalized spacial score (nSPS) is 10.4. The second kappa shape index (κ2) is 15.8. The molecule has 0 spiro atoms. The first-order valence-electron chi connectivity index (χ1n) is 9.99. The first-order chi connectivity index (χ1) is 16.0. The molecule has 0 aliphatic heterocycles. The summed E-state index contributed by atoms with van der Waals surface area (Å²) < 4.78 is 17.4. The molecule has 0 bridgehead atoms. The van der Waals surface area contributed by atoms with Crippen LogP contribution in [0.5, 0.6) is 0 Å². The molecule has 34 heavy (non-hydrogen) atoms. The van der Waals surface area contributed by atoms with Gasteiger partial charge in [-0.1, -0.05) is 6.58 Å². The third-order valence-corrected chi connectivity index (χ3v) is 7.10. The first kappa shape index (κ1) is 31.0. The summed E-state index contributed by atoms with van der Waals surface area (Å²) in [6, 6.07) is 0. The van der Waals surface area contributed by atoms with Gasteiger partial charge in [0.1, 0.15) is 6.61 Å². The van der Waals surface area contributed by atoms with Crippen LogP contribution in [0.3, 0.4) is 0 Å². The molecule has 0 heterocycles. The second-order valence-electron chi connectivity index (χ2n) is 6.83. The summed E-state index contributed by atoms with van der Waals surface area (Å²) in [4.78, 5) is 47.5. The van der Waals surface area contributed by atoms with E-state index in [1.54, 1.807) is 6.92 Å². The Labute approximate surface area is 239 Å². The summed E-state index contributed by atoms with van der Waals surface area (Å²) in [5, 5.41) is 8.26. The molecule has 0 aliphatic carbocycles. The summed E-state index contributed by atoms with van der Waals surface area (Å²) in [5.74, 6) is -1.40. The molecule has 13 heteroatoms. The van der Waals surface area contributed by atoms with Crippen molar-refractivity contribution >= 4 is 103 Å². The van der Waals surface area contributed by atoms with Gasteiger partial charge in [-0.05, 0) is 74.7 Å². The molecule has 3 amide bonds. The minimum absolute atomic E-state index is 0.135. The van der Waals surface area contributed by atoms with Gasteiger partial charge in [0.15, 0.2) is 0 Å². The zero-order valence-corrected chi connectivity index (χ0v) is 25.4. The van der Waals surface area contributed by atoms with Crippen molar-refractivity contribution in [3.63, 3.8) is 0 Å². The van der Waals surface area contributed by atoms with Gasteiger partial charge in [0.05, 0.1) is 54.1 Å². The maximum absolute atomic E-state index is 12.9. The highest BCUT2D eigenvalue weighted by Gasteiger charge is 2.25. The molecule has 0 unspecified atom stereocenters. The lowest BCUT2D eigenvalue weighted by molar-refractivity contribution is -0.140. The number of hydrogen-bond donors (Lipinski definition) is 3. The molecule has 0 aromatic heterocycles. The van der Waals surface area contributed by atoms with Crippen molar-refractivity contribution in [3.8, 4) is 0 Å². The number of anilines is 2. The highest BCUT2D eigenvalue weighted by Crippen LogP contribution is 2.38. The van der Waals surface area contributed by atoms with E-state index >= 15 is 0 Å². The van der Waals surface area contributed by atoms with E-state index in [1.165, 1.54) is 13.8 Å². The van der Waals surface area contributed by atoms with E-state index in [9.17, 15) is 19.2 Å². The van der Waals surface area contributed by atoms with Crippen molar-refractivity contribution in [2.24, 2.45) is 0 Å². The zero-order valence-electron chi connectivity index (χ0n) is 18.9. The van der Waals surface area contributed by atoms with Gasteiger partial charge >= 0.3 is 5.97 Å². The van der Waals surface area contributed by atoms with E-state index in [1.807, 2.05) is 67.8 Å². The predicted molar refractivity (Wildman–Crippen MR) is 153 cm³/mol. The molecule has 1 aromatic carbocycles. The molecule has 3 N–H and O–H groups in total. The first-order valence-corrected chi connectivity index (χ1v) is 13.2. The van der Waals surface area contributed by atoms with Gasteiger partial charge in [0.2, 0.25) is 11.8 Å². The Morgan fingerprint density at radius 3 is 1.71 bits per heavy atom. The van der Waals surface area contributed by atoms with Crippen molar-refractivity contribution in [2.75, 3.05) is 50.2 Å². The smallest absolute Gasteiger partial charge is 0.333 e. The van der Waals surface area contributed by atoms with Crippen molar-refractivity contribution in [1.29, 1.82) is 0 Å². The number of amides is 3. The molecule has 0 radical (unpaired) electrons. The Morgan fingerprint density at radius 2 is 1.24 bits per heavy atom. The number of hydrogen-bond acceptors (Lipinski definition) is 7. The topological polar surface area (TPSA) is 132 Å². The van der Waals surface area contributed by atoms with Crippen LogP contribution in [0.25, 0.3) is 0 Å². The van der Waals surface area contributed by atoms with E-state index in [0.717, 1.165) is 0 Å². The summed E-state index contributed by atoms with van der Waals surface area (Å²) in [6.45, 7) is 9.31. The lowest BCUT2D eigenvalue weighted by Crippen LogP contribution is -2.30. The maximum atomic E-state index is 12.9. The summed E-state index contributed by atoms with van der Waals surface area (Å²) in [7, 11) is 0. The van der Waals surface area contributed by atoms with Crippen LogP contribution in [0.15, 0.2) is 12.2 Å². The summed E-state index contributed by atoms with van der Waals surface area (Å²) in [5.41, 5.74) is 1.61. The highest BCUT2D eigenvalue weighted by atomic mass is 127. The standard InChI is InChI=1S/C21H26I3N3O7/c1-11(2)21(31)34-10-9-33-8-7-32-6-5-25-20(30)14-15(22)18(26-12(3)28)17(24)19(16(14)23)27-13(4)29/h1,5-10H2,2-4H3,(H,25,30)(H,26,28)(H,27,29). The Bertz CT molecular complexity index is 911. The van der Waals surface area contributed by atoms with Crippen molar-refractivity contribution in [3.05, 3.63) is 28.4 Å². The van der Waals surface area contributed by atoms with E-state index < -0.39 is 5.97 Å². The van der Waals surface area contributed by atoms with Crippen LogP contribution in [0.1, 0.15) is 31.1 Å². The van der Waals surface area contributed by atoms with Gasteiger partial charge in [0.25, 0.3) is 5.91 Å². The Hall–Kier alpha value is -1.05. The van der Waals surface area contributed by atoms with Crippen molar-refractivity contribution in [2.45, 2.75) is 20.8 Å². The molecule has 0 saturated carbocycles. The number of ether oxygens (including phenoxy) is 3. The Balaban J connectivity index is 2.61. The number of rotatable bonds is 13. The number of esters is 1. The molecule has 0 saturated heterocycles. The average molecular weight is 813 g/mol. The van der Waals surface area contributed by atoms with Crippen LogP contribution in [0.2, 0.25) is 0 Å². The fourth-order valence-corrected chi connectivity index (χ4v) is 6.59. The summed E-state index contributed by atoms with van der Waals surface area (Å²) >= 11 is 6.04. The van der Waals surface area contributed by atoms with Crippen LogP contribution in [0.4, 0.5) is 11.4 Å². The Kier molecular flexibility index (Phi) is 14.4.